The van der Waals surface area contributed by atoms with Crippen molar-refractivity contribution in [2.24, 2.45) is 0 Å². The number of aromatic amines is 1. The molecule has 0 aliphatic carbocycles. The highest BCUT2D eigenvalue weighted by atomic mass is 16.1. The Kier molecular flexibility index (Phi) is 1.89. The molecule has 0 unspecified atom stereocenters. The molecule has 0 saturated carbocycles. The summed E-state index contributed by atoms with van der Waals surface area (Å²) in [4.78, 5) is 14.1. The van der Waals surface area contributed by atoms with Crippen LogP contribution in [0.2, 0.25) is 0 Å². The highest BCUT2D eigenvalue weighted by Crippen LogP contribution is 2.11. The maximum atomic E-state index is 11.5. The van der Waals surface area contributed by atoms with Crippen LogP contribution in [0.25, 0.3) is 5.69 Å². The molecule has 72 valence electrons. The van der Waals surface area contributed by atoms with Gasteiger partial charge in [-0.3, -0.25) is 0 Å². The Morgan fingerprint density at radius 3 is 2.43 bits per heavy atom. The van der Waals surface area contributed by atoms with Gasteiger partial charge in [-0.15, -0.1) is 0 Å². The third-order valence-corrected chi connectivity index (χ3v) is 2.14. The van der Waals surface area contributed by atoms with Crippen molar-refractivity contribution in [3.05, 3.63) is 46.5 Å². The fourth-order valence-corrected chi connectivity index (χ4v) is 1.39. The van der Waals surface area contributed by atoms with Crippen LogP contribution in [-0.2, 0) is 0 Å². The molecule has 0 spiro atoms. The molecule has 1 aromatic heterocycles. The van der Waals surface area contributed by atoms with E-state index in [9.17, 15) is 4.79 Å². The second-order valence-corrected chi connectivity index (χ2v) is 3.11. The topological polar surface area (TPSA) is 63.8 Å². The maximum absolute atomic E-state index is 11.5. The molecule has 0 bridgehead atoms. The molecule has 0 amide bonds. The summed E-state index contributed by atoms with van der Waals surface area (Å²) in [6.45, 7) is 1.77. The highest BCUT2D eigenvalue weighted by Gasteiger charge is 2.07. The van der Waals surface area contributed by atoms with Crippen molar-refractivity contribution in [2.45, 2.75) is 6.92 Å². The lowest BCUT2D eigenvalue weighted by atomic mass is 10.3. The molecular weight excluding hydrogens is 178 g/mol. The number of nitrogens with two attached hydrogens (primary N) is 1. The molecule has 14 heavy (non-hydrogen) atoms. The van der Waals surface area contributed by atoms with Gasteiger partial charge in [0, 0.05) is 0 Å². The Morgan fingerprint density at radius 2 is 1.93 bits per heavy atom. The van der Waals surface area contributed by atoms with E-state index in [0.29, 0.717) is 11.5 Å². The number of H-pyrrole nitrogens is 1. The van der Waals surface area contributed by atoms with Crippen molar-refractivity contribution >= 4 is 5.82 Å². The number of benzene rings is 1. The maximum Gasteiger partial charge on any atom is 0.331 e. The SMILES string of the molecule is Cc1[nH]c(=O)n(-c2ccccc2)c1N. The molecule has 0 radical (unpaired) electrons. The third kappa shape index (κ3) is 1.21. The number of nitrogen functional groups attached to an aromatic ring is 1. The minimum absolute atomic E-state index is 0.203. The Labute approximate surface area is 81.0 Å². The predicted octanol–water partition coefficient (Wildman–Crippen LogP) is 1.06. The summed E-state index contributed by atoms with van der Waals surface area (Å²) in [5.41, 5.74) is 7.04. The minimum atomic E-state index is -0.203. The van der Waals surface area contributed by atoms with Gasteiger partial charge in [0.1, 0.15) is 5.82 Å². The second kappa shape index (κ2) is 3.06. The second-order valence-electron chi connectivity index (χ2n) is 3.11. The number of nitrogens with one attached hydrogen (secondary N) is 1. The summed E-state index contributed by atoms with van der Waals surface area (Å²) in [5.74, 6) is 0.459. The molecule has 0 saturated heterocycles. The van der Waals surface area contributed by atoms with Crippen molar-refractivity contribution in [1.82, 2.24) is 9.55 Å². The first-order valence-electron chi connectivity index (χ1n) is 4.32. The van der Waals surface area contributed by atoms with Crippen molar-refractivity contribution < 1.29 is 0 Å². The van der Waals surface area contributed by atoms with Gasteiger partial charge in [0.25, 0.3) is 0 Å². The van der Waals surface area contributed by atoms with Crippen LogP contribution >= 0.6 is 0 Å². The van der Waals surface area contributed by atoms with E-state index >= 15 is 0 Å². The Morgan fingerprint density at radius 1 is 1.29 bits per heavy atom. The molecule has 0 aliphatic rings. The number of hydrogen-bond acceptors (Lipinski definition) is 2. The quantitative estimate of drug-likeness (QED) is 0.704. The smallest absolute Gasteiger partial charge is 0.331 e. The van der Waals surface area contributed by atoms with E-state index in [4.69, 9.17) is 5.73 Å². The van der Waals surface area contributed by atoms with Crippen LogP contribution in [0.15, 0.2) is 35.1 Å². The number of imidazole rings is 1. The largest absolute Gasteiger partial charge is 0.383 e. The predicted molar refractivity (Wildman–Crippen MR) is 55.5 cm³/mol. The summed E-state index contributed by atoms with van der Waals surface area (Å²) < 4.78 is 1.45. The van der Waals surface area contributed by atoms with Crippen LogP contribution in [0.5, 0.6) is 0 Å². The molecule has 0 atom stereocenters. The first kappa shape index (κ1) is 8.62. The summed E-state index contributed by atoms with van der Waals surface area (Å²) in [6, 6.07) is 9.30. The van der Waals surface area contributed by atoms with Gasteiger partial charge in [0.15, 0.2) is 0 Å². The van der Waals surface area contributed by atoms with E-state index in [1.807, 2.05) is 30.3 Å². The zero-order chi connectivity index (χ0) is 10.1. The fraction of sp³-hybridized carbons (Fsp3) is 0.100. The number of para-hydroxylation sites is 1. The first-order chi connectivity index (χ1) is 6.70. The van der Waals surface area contributed by atoms with Gasteiger partial charge in [-0.25, -0.2) is 9.36 Å². The molecule has 4 heteroatoms. The van der Waals surface area contributed by atoms with Gasteiger partial charge in [-0.05, 0) is 19.1 Å². The number of hydrogen-bond donors (Lipinski definition) is 2. The Bertz CT molecular complexity index is 496. The Balaban J connectivity index is 2.69. The number of nitrogens with zero attached hydrogens (tertiary/aromatic N) is 1. The molecule has 2 aromatic rings. The zero-order valence-electron chi connectivity index (χ0n) is 7.82. The van der Waals surface area contributed by atoms with Crippen LogP contribution in [-0.4, -0.2) is 9.55 Å². The summed E-state index contributed by atoms with van der Waals surface area (Å²) >= 11 is 0. The average Bonchev–Trinajstić information content (AvgIpc) is 2.43. The lowest BCUT2D eigenvalue weighted by Gasteiger charge is -2.02. The molecule has 0 aliphatic heterocycles. The molecule has 3 N–H and O–H groups in total. The fourth-order valence-electron chi connectivity index (χ4n) is 1.39. The average molecular weight is 189 g/mol. The summed E-state index contributed by atoms with van der Waals surface area (Å²) in [5, 5.41) is 0. The number of anilines is 1. The van der Waals surface area contributed by atoms with Gasteiger partial charge >= 0.3 is 5.69 Å². The Hall–Kier alpha value is -1.97. The van der Waals surface area contributed by atoms with Gasteiger partial charge in [0.2, 0.25) is 0 Å². The first-order valence-corrected chi connectivity index (χ1v) is 4.32. The third-order valence-electron chi connectivity index (χ3n) is 2.14. The molecule has 1 heterocycles. The van der Waals surface area contributed by atoms with Crippen LogP contribution in [0.3, 0.4) is 0 Å². The van der Waals surface area contributed by atoms with Gasteiger partial charge in [-0.1, -0.05) is 18.2 Å². The van der Waals surface area contributed by atoms with Crippen molar-refractivity contribution in [1.29, 1.82) is 0 Å². The normalized spacial score (nSPS) is 10.4. The van der Waals surface area contributed by atoms with E-state index < -0.39 is 0 Å². The number of aromatic nitrogens is 2. The van der Waals surface area contributed by atoms with E-state index in [-0.39, 0.29) is 5.69 Å². The number of aryl methyl sites for hydroxylation is 1. The molecule has 0 fully saturated rings. The van der Waals surface area contributed by atoms with E-state index in [0.717, 1.165) is 5.69 Å². The van der Waals surface area contributed by atoms with Gasteiger partial charge in [-0.2, -0.15) is 0 Å². The van der Waals surface area contributed by atoms with Gasteiger partial charge in [0.05, 0.1) is 11.4 Å². The molecule has 1 aromatic carbocycles. The monoisotopic (exact) mass is 189 g/mol. The van der Waals surface area contributed by atoms with Crippen LogP contribution in [0.1, 0.15) is 5.69 Å². The van der Waals surface area contributed by atoms with Crippen molar-refractivity contribution in [3.8, 4) is 5.69 Å². The number of rotatable bonds is 1. The lowest BCUT2D eigenvalue weighted by Crippen LogP contribution is -2.16. The summed E-state index contributed by atoms with van der Waals surface area (Å²) in [7, 11) is 0. The minimum Gasteiger partial charge on any atom is -0.383 e. The molecular formula is C10H11N3O. The summed E-state index contributed by atoms with van der Waals surface area (Å²) in [6.07, 6.45) is 0. The van der Waals surface area contributed by atoms with E-state index in [2.05, 4.69) is 4.98 Å². The molecule has 4 nitrogen and oxygen atoms in total. The standard InChI is InChI=1S/C10H11N3O/c1-7-9(11)13(10(14)12-7)8-5-3-2-4-6-8/h2-6H,11H2,1H3,(H,12,14). The van der Waals surface area contributed by atoms with Crippen LogP contribution in [0.4, 0.5) is 5.82 Å². The zero-order valence-corrected chi connectivity index (χ0v) is 7.82. The lowest BCUT2D eigenvalue weighted by molar-refractivity contribution is 0.995. The van der Waals surface area contributed by atoms with E-state index in [1.165, 1.54) is 4.57 Å². The highest BCUT2D eigenvalue weighted by molar-refractivity contribution is 5.45. The molecule has 2 rings (SSSR count). The van der Waals surface area contributed by atoms with Crippen LogP contribution in [0, 0.1) is 6.92 Å². The van der Waals surface area contributed by atoms with Crippen LogP contribution < -0.4 is 11.4 Å². The van der Waals surface area contributed by atoms with Crippen molar-refractivity contribution in [2.75, 3.05) is 5.73 Å². The van der Waals surface area contributed by atoms with Crippen molar-refractivity contribution in [3.63, 3.8) is 0 Å². The van der Waals surface area contributed by atoms with Gasteiger partial charge < -0.3 is 10.7 Å². The van der Waals surface area contributed by atoms with E-state index in [1.54, 1.807) is 6.92 Å².